The molecule has 0 N–H and O–H groups in total. The van der Waals surface area contributed by atoms with Gasteiger partial charge in [0.15, 0.2) is 0 Å². The summed E-state index contributed by atoms with van der Waals surface area (Å²) in [5, 5.41) is 2.58. The summed E-state index contributed by atoms with van der Waals surface area (Å²) in [4.78, 5) is 5.19. The van der Waals surface area contributed by atoms with Crippen LogP contribution in [0.4, 0.5) is 0 Å². The molecule has 0 fully saturated rings. The van der Waals surface area contributed by atoms with Gasteiger partial charge in [0.1, 0.15) is 0 Å². The van der Waals surface area contributed by atoms with Crippen LogP contribution in [0.3, 0.4) is 0 Å². The number of nitrogens with zero attached hydrogens (tertiary/aromatic N) is 2. The lowest BCUT2D eigenvalue weighted by atomic mass is 10.1. The maximum Gasteiger partial charge on any atom is 0.0945 e. The van der Waals surface area contributed by atoms with Crippen LogP contribution in [0.2, 0.25) is 15.1 Å². The van der Waals surface area contributed by atoms with Crippen LogP contribution in [0, 0.1) is 0 Å². The van der Waals surface area contributed by atoms with Crippen molar-refractivity contribution in [2.45, 2.75) is 36.0 Å². The summed E-state index contributed by atoms with van der Waals surface area (Å²) in [6, 6.07) is 13.8. The summed E-state index contributed by atoms with van der Waals surface area (Å²) >= 11 is 20.2. The molecule has 0 aliphatic rings. The Bertz CT molecular complexity index is 820. The average Bonchev–Trinajstić information content (AvgIpc) is 3.14. The Kier molecular flexibility index (Phi) is 7.32. The molecule has 0 aliphatic carbocycles. The van der Waals surface area contributed by atoms with E-state index in [1.54, 1.807) is 6.07 Å². The molecule has 0 saturated heterocycles. The summed E-state index contributed by atoms with van der Waals surface area (Å²) in [5.41, 5.74) is 1.30. The first kappa shape index (κ1) is 19.6. The second-order valence-corrected chi connectivity index (χ2v) is 8.69. The standard InChI is InChI=1S/C20H19Cl3N2S/c21-16-4-1-15(2-5-16)3-7-18(9-11-25-12-10-24-14-25)26-20-8-6-17(22)13-19(20)23/h1-2,4-6,8,10,12-14,18H,3,7,9,11H2. The van der Waals surface area contributed by atoms with E-state index in [2.05, 4.69) is 21.7 Å². The van der Waals surface area contributed by atoms with E-state index < -0.39 is 0 Å². The van der Waals surface area contributed by atoms with Crippen LogP contribution >= 0.6 is 46.6 Å². The van der Waals surface area contributed by atoms with Crippen molar-refractivity contribution in [2.24, 2.45) is 0 Å². The quantitative estimate of drug-likeness (QED) is 0.361. The fraction of sp³-hybridized carbons (Fsp3) is 0.250. The van der Waals surface area contributed by atoms with E-state index >= 15 is 0 Å². The minimum atomic E-state index is 0.437. The number of hydrogen-bond donors (Lipinski definition) is 0. The Hall–Kier alpha value is -1.13. The van der Waals surface area contributed by atoms with Gasteiger partial charge in [-0.2, -0.15) is 0 Å². The molecule has 1 aromatic heterocycles. The van der Waals surface area contributed by atoms with Crippen molar-refractivity contribution in [2.75, 3.05) is 0 Å². The number of hydrogen-bond acceptors (Lipinski definition) is 2. The zero-order valence-electron chi connectivity index (χ0n) is 14.1. The van der Waals surface area contributed by atoms with E-state index in [0.717, 1.165) is 35.7 Å². The minimum Gasteiger partial charge on any atom is -0.337 e. The van der Waals surface area contributed by atoms with Gasteiger partial charge < -0.3 is 4.57 Å². The molecule has 2 nitrogen and oxygen atoms in total. The normalized spacial score (nSPS) is 12.3. The van der Waals surface area contributed by atoms with Crippen molar-refractivity contribution in [3.63, 3.8) is 0 Å². The lowest BCUT2D eigenvalue weighted by molar-refractivity contribution is 0.598. The second kappa shape index (κ2) is 9.70. The van der Waals surface area contributed by atoms with Crippen LogP contribution in [0.5, 0.6) is 0 Å². The Morgan fingerprint density at radius 3 is 2.42 bits per heavy atom. The number of aryl methyl sites for hydroxylation is 2. The molecule has 0 bridgehead atoms. The molecule has 3 rings (SSSR count). The number of thioether (sulfide) groups is 1. The van der Waals surface area contributed by atoms with Gasteiger partial charge >= 0.3 is 0 Å². The van der Waals surface area contributed by atoms with Crippen LogP contribution in [-0.4, -0.2) is 14.8 Å². The predicted molar refractivity (Wildman–Crippen MR) is 113 cm³/mol. The van der Waals surface area contributed by atoms with Crippen LogP contribution < -0.4 is 0 Å². The fourth-order valence-electron chi connectivity index (χ4n) is 2.70. The maximum absolute atomic E-state index is 6.37. The van der Waals surface area contributed by atoms with Crippen molar-refractivity contribution in [1.29, 1.82) is 0 Å². The minimum absolute atomic E-state index is 0.437. The lowest BCUT2D eigenvalue weighted by Gasteiger charge is -2.18. The predicted octanol–water partition coefficient (Wildman–Crippen LogP) is 7.03. The third-order valence-corrected chi connectivity index (χ3v) is 6.45. The van der Waals surface area contributed by atoms with Crippen molar-refractivity contribution in [3.8, 4) is 0 Å². The van der Waals surface area contributed by atoms with E-state index in [0.29, 0.717) is 15.3 Å². The Labute approximate surface area is 173 Å². The number of benzene rings is 2. The van der Waals surface area contributed by atoms with Gasteiger partial charge in [-0.3, -0.25) is 0 Å². The third-order valence-electron chi connectivity index (χ3n) is 4.12. The van der Waals surface area contributed by atoms with Gasteiger partial charge in [0, 0.05) is 39.1 Å². The van der Waals surface area contributed by atoms with Gasteiger partial charge in [0.25, 0.3) is 0 Å². The number of imidazole rings is 1. The van der Waals surface area contributed by atoms with Gasteiger partial charge in [-0.1, -0.05) is 46.9 Å². The largest absolute Gasteiger partial charge is 0.337 e. The molecule has 6 heteroatoms. The molecular formula is C20H19Cl3N2S. The summed E-state index contributed by atoms with van der Waals surface area (Å²) in [7, 11) is 0. The highest BCUT2D eigenvalue weighted by Gasteiger charge is 2.14. The number of halogens is 3. The number of rotatable bonds is 8. The molecule has 2 aromatic carbocycles. The molecule has 26 heavy (non-hydrogen) atoms. The molecule has 136 valence electrons. The molecule has 0 aliphatic heterocycles. The second-order valence-electron chi connectivity index (χ2n) is 6.07. The Morgan fingerprint density at radius 2 is 1.73 bits per heavy atom. The molecular weight excluding hydrogens is 407 g/mol. The number of aromatic nitrogens is 2. The summed E-state index contributed by atoms with van der Waals surface area (Å²) in [6.45, 7) is 0.934. The van der Waals surface area contributed by atoms with E-state index in [-0.39, 0.29) is 0 Å². The smallest absolute Gasteiger partial charge is 0.0945 e. The zero-order chi connectivity index (χ0) is 18.4. The molecule has 3 aromatic rings. The van der Waals surface area contributed by atoms with E-state index in [1.807, 2.05) is 54.7 Å². The first-order chi connectivity index (χ1) is 12.6. The monoisotopic (exact) mass is 424 g/mol. The van der Waals surface area contributed by atoms with Gasteiger partial charge in [-0.15, -0.1) is 11.8 Å². The molecule has 0 saturated carbocycles. The van der Waals surface area contributed by atoms with E-state index in [4.69, 9.17) is 34.8 Å². The fourth-order valence-corrected chi connectivity index (χ4v) is 4.51. The van der Waals surface area contributed by atoms with E-state index in [1.165, 1.54) is 5.56 Å². The molecule has 1 unspecified atom stereocenters. The Morgan fingerprint density at radius 1 is 0.962 bits per heavy atom. The van der Waals surface area contributed by atoms with Gasteiger partial charge in [0.05, 0.1) is 11.3 Å². The highest BCUT2D eigenvalue weighted by atomic mass is 35.5. The summed E-state index contributed by atoms with van der Waals surface area (Å²) in [5.74, 6) is 0. The third kappa shape index (κ3) is 5.95. The van der Waals surface area contributed by atoms with Crippen LogP contribution in [-0.2, 0) is 13.0 Å². The molecule has 0 radical (unpaired) electrons. The molecule has 0 spiro atoms. The Balaban J connectivity index is 1.66. The molecule has 1 heterocycles. The van der Waals surface area contributed by atoms with Crippen molar-refractivity contribution < 1.29 is 0 Å². The lowest BCUT2D eigenvalue weighted by Crippen LogP contribution is -2.09. The van der Waals surface area contributed by atoms with Gasteiger partial charge in [-0.05, 0) is 55.2 Å². The average molecular weight is 426 g/mol. The molecule has 0 amide bonds. The van der Waals surface area contributed by atoms with Crippen molar-refractivity contribution >= 4 is 46.6 Å². The highest BCUT2D eigenvalue weighted by molar-refractivity contribution is 8.00. The highest BCUT2D eigenvalue weighted by Crippen LogP contribution is 2.35. The topological polar surface area (TPSA) is 17.8 Å². The first-order valence-corrected chi connectivity index (χ1v) is 10.4. The SMILES string of the molecule is Clc1ccc(CCC(CCn2ccnc2)Sc2ccc(Cl)cc2Cl)cc1. The van der Waals surface area contributed by atoms with Crippen molar-refractivity contribution in [1.82, 2.24) is 9.55 Å². The van der Waals surface area contributed by atoms with Gasteiger partial charge in [0.2, 0.25) is 0 Å². The van der Waals surface area contributed by atoms with Crippen LogP contribution in [0.25, 0.3) is 0 Å². The van der Waals surface area contributed by atoms with Crippen LogP contribution in [0.15, 0.2) is 66.1 Å². The first-order valence-electron chi connectivity index (χ1n) is 8.42. The zero-order valence-corrected chi connectivity index (χ0v) is 17.2. The van der Waals surface area contributed by atoms with Crippen molar-refractivity contribution in [3.05, 3.63) is 81.8 Å². The van der Waals surface area contributed by atoms with Crippen LogP contribution in [0.1, 0.15) is 18.4 Å². The van der Waals surface area contributed by atoms with E-state index in [9.17, 15) is 0 Å². The molecule has 1 atom stereocenters. The van der Waals surface area contributed by atoms with Gasteiger partial charge in [-0.25, -0.2) is 4.98 Å². The maximum atomic E-state index is 6.37. The summed E-state index contributed by atoms with van der Waals surface area (Å²) < 4.78 is 2.11. The summed E-state index contributed by atoms with van der Waals surface area (Å²) in [6.07, 6.45) is 8.76.